The SMILES string of the molecule is CC.CC.COCC(=O)N1CCC(N2C(=O)N(C)Cc3cnc4c(c32)CCC(c2ccc(N3CCOCC3)nc2)C=C4)CC1. The normalized spacial score (nSPS) is 20.0. The van der Waals surface area contributed by atoms with E-state index in [1.165, 1.54) is 5.56 Å². The van der Waals surface area contributed by atoms with Crippen LogP contribution in [-0.4, -0.2) is 97.9 Å². The number of allylic oxidation sites excluding steroid dienone is 1. The standard InChI is InChI=1S/C30H38N6O4.2C2H6/c1-33-19-23-18-31-26-7-4-21(22-5-8-27(32-17-22)34-13-15-40-16-14-34)3-6-25(26)29(23)36(30(33)38)24-9-11-35(12-10-24)28(37)20-39-2;2*1-2/h4-5,7-8,17-18,21,24H,3,6,9-16,19-20H2,1-2H3;2*1-2H3. The molecule has 3 amide bonds. The lowest BCUT2D eigenvalue weighted by Crippen LogP contribution is -2.55. The fraction of sp³-hybridized carbons (Fsp3) is 0.588. The Labute approximate surface area is 263 Å². The van der Waals surface area contributed by atoms with Crippen LogP contribution in [0.25, 0.3) is 6.08 Å². The Morgan fingerprint density at radius 3 is 2.39 bits per heavy atom. The lowest BCUT2D eigenvalue weighted by molar-refractivity contribution is -0.136. The van der Waals surface area contributed by atoms with Gasteiger partial charge in [0.15, 0.2) is 0 Å². The number of piperidine rings is 1. The second kappa shape index (κ2) is 16.0. The van der Waals surface area contributed by atoms with Crippen molar-refractivity contribution in [1.82, 2.24) is 19.8 Å². The van der Waals surface area contributed by atoms with E-state index in [0.717, 1.165) is 80.3 Å². The molecule has 0 radical (unpaired) electrons. The zero-order chi connectivity index (χ0) is 31.6. The van der Waals surface area contributed by atoms with Crippen molar-refractivity contribution in [3.05, 3.63) is 53.0 Å². The third-order valence-corrected chi connectivity index (χ3v) is 8.62. The molecule has 5 heterocycles. The summed E-state index contributed by atoms with van der Waals surface area (Å²) in [5.41, 5.74) is 5.39. The van der Waals surface area contributed by atoms with Gasteiger partial charge in [0, 0.05) is 75.8 Å². The number of anilines is 2. The molecule has 0 spiro atoms. The van der Waals surface area contributed by atoms with E-state index in [9.17, 15) is 9.59 Å². The second-order valence-corrected chi connectivity index (χ2v) is 11.1. The molecule has 4 aliphatic rings. The van der Waals surface area contributed by atoms with E-state index in [1.54, 1.807) is 12.0 Å². The minimum absolute atomic E-state index is 0.00477. The van der Waals surface area contributed by atoms with Gasteiger partial charge in [0.2, 0.25) is 5.91 Å². The Balaban J connectivity index is 0.00000106. The van der Waals surface area contributed by atoms with Gasteiger partial charge < -0.3 is 24.2 Å². The van der Waals surface area contributed by atoms with Crippen molar-refractivity contribution in [3.8, 4) is 0 Å². The zero-order valence-electron chi connectivity index (χ0n) is 27.4. The molecule has 2 aromatic heterocycles. The molecule has 10 nitrogen and oxygen atoms in total. The first-order chi connectivity index (χ1) is 21.5. The highest BCUT2D eigenvalue weighted by atomic mass is 16.5. The number of likely N-dealkylation sites (tertiary alicyclic amines) is 1. The maximum Gasteiger partial charge on any atom is 0.324 e. The average molecular weight is 607 g/mol. The molecule has 1 aliphatic carbocycles. The lowest BCUT2D eigenvalue weighted by atomic mass is 9.92. The minimum Gasteiger partial charge on any atom is -0.378 e. The highest BCUT2D eigenvalue weighted by Crippen LogP contribution is 2.40. The van der Waals surface area contributed by atoms with Gasteiger partial charge in [-0.15, -0.1) is 0 Å². The van der Waals surface area contributed by atoms with Gasteiger partial charge >= 0.3 is 6.03 Å². The molecule has 6 rings (SSSR count). The Hall–Kier alpha value is -3.50. The van der Waals surface area contributed by atoms with Crippen LogP contribution in [0.15, 0.2) is 30.6 Å². The van der Waals surface area contributed by atoms with Gasteiger partial charge in [-0.2, -0.15) is 0 Å². The summed E-state index contributed by atoms with van der Waals surface area (Å²) in [6.45, 7) is 13.1. The number of methoxy groups -OCH3 is 1. The van der Waals surface area contributed by atoms with Crippen LogP contribution in [0.2, 0.25) is 0 Å². The van der Waals surface area contributed by atoms with E-state index in [1.807, 2.05) is 56.9 Å². The molecule has 0 N–H and O–H groups in total. The maximum absolute atomic E-state index is 13.6. The van der Waals surface area contributed by atoms with Gasteiger partial charge in [-0.05, 0) is 43.4 Å². The molecule has 3 aliphatic heterocycles. The molecule has 240 valence electrons. The van der Waals surface area contributed by atoms with Crippen LogP contribution in [0, 0.1) is 0 Å². The van der Waals surface area contributed by atoms with Gasteiger partial charge in [0.1, 0.15) is 12.4 Å². The Kier molecular flexibility index (Phi) is 12.1. The first-order valence-corrected chi connectivity index (χ1v) is 16.3. The quantitative estimate of drug-likeness (QED) is 0.467. The molecule has 0 aromatic carbocycles. The van der Waals surface area contributed by atoms with Crippen LogP contribution in [-0.2, 0) is 27.2 Å². The number of pyridine rings is 2. The number of morpholine rings is 1. The number of hydrogen-bond acceptors (Lipinski definition) is 7. The van der Waals surface area contributed by atoms with Gasteiger partial charge in [0.25, 0.3) is 0 Å². The van der Waals surface area contributed by atoms with E-state index in [0.29, 0.717) is 19.6 Å². The first kappa shape index (κ1) is 33.4. The highest BCUT2D eigenvalue weighted by Gasteiger charge is 2.38. The summed E-state index contributed by atoms with van der Waals surface area (Å²) < 4.78 is 10.5. The molecule has 0 bridgehead atoms. The fourth-order valence-corrected chi connectivity index (χ4v) is 6.41. The number of ether oxygens (including phenoxy) is 2. The molecule has 2 saturated heterocycles. The Morgan fingerprint density at radius 1 is 1.00 bits per heavy atom. The summed E-state index contributed by atoms with van der Waals surface area (Å²) in [6.07, 6.45) is 11.5. The van der Waals surface area contributed by atoms with Crippen LogP contribution in [0.3, 0.4) is 0 Å². The van der Waals surface area contributed by atoms with Crippen LogP contribution in [0.4, 0.5) is 16.3 Å². The number of nitrogens with zero attached hydrogens (tertiary/aromatic N) is 6. The summed E-state index contributed by atoms with van der Waals surface area (Å²) in [6, 6.07) is 4.36. The molecule has 1 atom stereocenters. The van der Waals surface area contributed by atoms with Gasteiger partial charge in [-0.1, -0.05) is 39.8 Å². The highest BCUT2D eigenvalue weighted by molar-refractivity contribution is 5.97. The van der Waals surface area contributed by atoms with Crippen molar-refractivity contribution < 1.29 is 19.1 Å². The van der Waals surface area contributed by atoms with Gasteiger partial charge in [0.05, 0.1) is 31.1 Å². The Morgan fingerprint density at radius 2 is 1.73 bits per heavy atom. The van der Waals surface area contributed by atoms with Crippen molar-refractivity contribution in [2.75, 3.05) is 70.0 Å². The summed E-state index contributed by atoms with van der Waals surface area (Å²) in [5.74, 6) is 1.23. The number of fused-ring (bicyclic) bond motifs is 3. The number of aromatic nitrogens is 2. The van der Waals surface area contributed by atoms with Crippen LogP contribution >= 0.6 is 0 Å². The molecule has 10 heteroatoms. The smallest absolute Gasteiger partial charge is 0.324 e. The summed E-state index contributed by atoms with van der Waals surface area (Å²) in [7, 11) is 3.39. The molecular formula is C34H50N6O4. The van der Waals surface area contributed by atoms with Crippen molar-refractivity contribution >= 4 is 29.5 Å². The number of amides is 3. The van der Waals surface area contributed by atoms with Gasteiger partial charge in [-0.3, -0.25) is 14.7 Å². The zero-order valence-corrected chi connectivity index (χ0v) is 27.4. The molecule has 0 saturated carbocycles. The van der Waals surface area contributed by atoms with E-state index in [-0.39, 0.29) is 30.5 Å². The predicted octanol–water partition coefficient (Wildman–Crippen LogP) is 5.12. The van der Waals surface area contributed by atoms with E-state index in [4.69, 9.17) is 19.4 Å². The monoisotopic (exact) mass is 606 g/mol. The van der Waals surface area contributed by atoms with E-state index < -0.39 is 0 Å². The van der Waals surface area contributed by atoms with Crippen LogP contribution in [0.5, 0.6) is 0 Å². The second-order valence-electron chi connectivity index (χ2n) is 11.1. The molecule has 1 unspecified atom stereocenters. The minimum atomic E-state index is 0.00477. The number of hydrogen-bond donors (Lipinski definition) is 0. The third kappa shape index (κ3) is 7.24. The van der Waals surface area contributed by atoms with Crippen molar-refractivity contribution in [1.29, 1.82) is 0 Å². The average Bonchev–Trinajstić information content (AvgIpc) is 3.31. The number of rotatable bonds is 5. The topological polar surface area (TPSA) is 91.3 Å². The Bertz CT molecular complexity index is 1270. The van der Waals surface area contributed by atoms with Crippen molar-refractivity contribution in [2.24, 2.45) is 0 Å². The number of carbonyl (C=O) groups is 2. The van der Waals surface area contributed by atoms with Crippen molar-refractivity contribution in [2.45, 2.75) is 71.9 Å². The fourth-order valence-electron chi connectivity index (χ4n) is 6.41. The molecular weight excluding hydrogens is 556 g/mol. The maximum atomic E-state index is 13.6. The predicted molar refractivity (Wildman–Crippen MR) is 175 cm³/mol. The van der Waals surface area contributed by atoms with Crippen molar-refractivity contribution in [3.63, 3.8) is 0 Å². The van der Waals surface area contributed by atoms with Crippen LogP contribution in [0.1, 0.15) is 75.3 Å². The first-order valence-electron chi connectivity index (χ1n) is 16.3. The summed E-state index contributed by atoms with van der Waals surface area (Å²) in [5, 5.41) is 0. The van der Waals surface area contributed by atoms with E-state index in [2.05, 4.69) is 29.2 Å². The lowest BCUT2D eigenvalue weighted by Gasteiger charge is -2.44. The third-order valence-electron chi connectivity index (χ3n) is 8.62. The molecule has 2 aromatic rings. The largest absolute Gasteiger partial charge is 0.378 e. The molecule has 44 heavy (non-hydrogen) atoms. The van der Waals surface area contributed by atoms with Gasteiger partial charge in [-0.25, -0.2) is 9.78 Å². The summed E-state index contributed by atoms with van der Waals surface area (Å²) in [4.78, 5) is 43.5. The van der Waals surface area contributed by atoms with E-state index >= 15 is 0 Å². The number of carbonyl (C=O) groups excluding carboxylic acids is 2. The molecule has 2 fully saturated rings. The van der Waals surface area contributed by atoms with Crippen LogP contribution < -0.4 is 9.80 Å². The summed E-state index contributed by atoms with van der Waals surface area (Å²) >= 11 is 0. The number of urea groups is 1.